The number of furan rings is 1. The van der Waals surface area contributed by atoms with Crippen molar-refractivity contribution >= 4 is 5.97 Å². The zero-order valence-electron chi connectivity index (χ0n) is 7.54. The van der Waals surface area contributed by atoms with Gasteiger partial charge in [0.15, 0.2) is 0 Å². The van der Waals surface area contributed by atoms with Gasteiger partial charge in [-0.3, -0.25) is 4.79 Å². The van der Waals surface area contributed by atoms with Crippen LogP contribution in [0.5, 0.6) is 0 Å². The van der Waals surface area contributed by atoms with Gasteiger partial charge in [-0.05, 0) is 25.8 Å². The summed E-state index contributed by atoms with van der Waals surface area (Å²) in [5.41, 5.74) is 0.211. The second-order valence-electron chi connectivity index (χ2n) is 3.63. The lowest BCUT2D eigenvalue weighted by Crippen LogP contribution is -2.42. The molecule has 1 saturated carbocycles. The summed E-state index contributed by atoms with van der Waals surface area (Å²) in [7, 11) is 0. The normalized spacial score (nSPS) is 19.5. The molecule has 70 valence electrons. The topological polar surface area (TPSA) is 50.4 Å². The lowest BCUT2D eigenvalue weighted by Gasteiger charge is -2.37. The molecule has 0 radical (unpaired) electrons. The van der Waals surface area contributed by atoms with Crippen LogP contribution in [0.15, 0.2) is 16.7 Å². The Hall–Kier alpha value is -1.25. The summed E-state index contributed by atoms with van der Waals surface area (Å²) in [6, 6.07) is 1.78. The lowest BCUT2D eigenvalue weighted by atomic mass is 9.64. The minimum atomic E-state index is -0.719. The van der Waals surface area contributed by atoms with Crippen molar-refractivity contribution in [3.63, 3.8) is 0 Å². The van der Waals surface area contributed by atoms with Gasteiger partial charge in [-0.15, -0.1) is 0 Å². The third kappa shape index (κ3) is 0.996. The number of aryl methyl sites for hydroxylation is 1. The molecule has 0 amide bonds. The molecule has 0 spiro atoms. The molecule has 1 aliphatic carbocycles. The van der Waals surface area contributed by atoms with E-state index >= 15 is 0 Å². The van der Waals surface area contributed by atoms with Crippen molar-refractivity contribution in [2.45, 2.75) is 31.6 Å². The van der Waals surface area contributed by atoms with E-state index in [1.807, 2.05) is 6.92 Å². The van der Waals surface area contributed by atoms with Gasteiger partial charge < -0.3 is 9.52 Å². The molecule has 3 nitrogen and oxygen atoms in total. The molecule has 0 atom stereocenters. The van der Waals surface area contributed by atoms with Crippen LogP contribution >= 0.6 is 0 Å². The second kappa shape index (κ2) is 2.62. The van der Waals surface area contributed by atoms with Crippen molar-refractivity contribution in [3.05, 3.63) is 23.7 Å². The smallest absolute Gasteiger partial charge is 0.314 e. The molecule has 1 aliphatic rings. The summed E-state index contributed by atoms with van der Waals surface area (Å²) in [6.45, 7) is 1.82. The molecule has 0 unspecified atom stereocenters. The van der Waals surface area contributed by atoms with Gasteiger partial charge in [-0.2, -0.15) is 0 Å². The van der Waals surface area contributed by atoms with Crippen molar-refractivity contribution in [2.24, 2.45) is 0 Å². The van der Waals surface area contributed by atoms with Crippen LogP contribution in [0.2, 0.25) is 0 Å². The molecule has 1 aromatic heterocycles. The Labute approximate surface area is 76.4 Å². The zero-order valence-corrected chi connectivity index (χ0v) is 7.54. The maximum atomic E-state index is 11.1. The van der Waals surface area contributed by atoms with Crippen molar-refractivity contribution in [1.29, 1.82) is 0 Å². The van der Waals surface area contributed by atoms with Crippen molar-refractivity contribution in [1.82, 2.24) is 0 Å². The van der Waals surface area contributed by atoms with E-state index in [4.69, 9.17) is 9.52 Å². The van der Waals surface area contributed by atoms with Gasteiger partial charge in [-0.25, -0.2) is 0 Å². The first-order valence-corrected chi connectivity index (χ1v) is 4.45. The van der Waals surface area contributed by atoms with Crippen LogP contribution in [-0.2, 0) is 10.2 Å². The molecule has 13 heavy (non-hydrogen) atoms. The van der Waals surface area contributed by atoms with E-state index in [2.05, 4.69) is 0 Å². The van der Waals surface area contributed by atoms with Crippen LogP contribution in [0.4, 0.5) is 0 Å². The van der Waals surface area contributed by atoms with Gasteiger partial charge in [0.1, 0.15) is 5.76 Å². The molecule has 0 aromatic carbocycles. The molecule has 0 bridgehead atoms. The highest BCUT2D eigenvalue weighted by Crippen LogP contribution is 2.45. The quantitative estimate of drug-likeness (QED) is 0.758. The van der Waals surface area contributed by atoms with Crippen molar-refractivity contribution in [2.75, 3.05) is 0 Å². The van der Waals surface area contributed by atoms with E-state index in [0.717, 1.165) is 30.6 Å². The fraction of sp³-hybridized carbons (Fsp3) is 0.500. The highest BCUT2D eigenvalue weighted by molar-refractivity contribution is 5.82. The summed E-state index contributed by atoms with van der Waals surface area (Å²) >= 11 is 0. The summed E-state index contributed by atoms with van der Waals surface area (Å²) in [6.07, 6.45) is 4.04. The van der Waals surface area contributed by atoms with E-state index in [1.54, 1.807) is 12.3 Å². The average molecular weight is 180 g/mol. The minimum absolute atomic E-state index is 0.642. The number of carboxylic acids is 1. The fourth-order valence-corrected chi connectivity index (χ4v) is 2.01. The first kappa shape index (κ1) is 8.35. The van der Waals surface area contributed by atoms with Gasteiger partial charge >= 0.3 is 5.97 Å². The third-order valence-electron chi connectivity index (χ3n) is 2.99. The number of carbonyl (C=O) groups is 1. The summed E-state index contributed by atoms with van der Waals surface area (Å²) in [4.78, 5) is 11.1. The van der Waals surface area contributed by atoms with Crippen LogP contribution in [0.1, 0.15) is 30.6 Å². The average Bonchev–Trinajstić information content (AvgIpc) is 2.34. The molecule has 0 saturated heterocycles. The lowest BCUT2D eigenvalue weighted by molar-refractivity contribution is -0.147. The predicted molar refractivity (Wildman–Crippen MR) is 46.6 cm³/mol. The van der Waals surface area contributed by atoms with Crippen LogP contribution < -0.4 is 0 Å². The van der Waals surface area contributed by atoms with Gasteiger partial charge in [0.25, 0.3) is 0 Å². The molecule has 1 N–H and O–H groups in total. The summed E-state index contributed by atoms with van der Waals surface area (Å²) in [5.74, 6) is 0.0188. The maximum Gasteiger partial charge on any atom is 0.314 e. The molecule has 1 heterocycles. The van der Waals surface area contributed by atoms with Gasteiger partial charge in [-0.1, -0.05) is 6.42 Å². The Morgan fingerprint density at radius 2 is 2.31 bits per heavy atom. The molecule has 1 fully saturated rings. The van der Waals surface area contributed by atoms with Crippen LogP contribution in [-0.4, -0.2) is 11.1 Å². The third-order valence-corrected chi connectivity index (χ3v) is 2.99. The van der Waals surface area contributed by atoms with Crippen LogP contribution in [0.3, 0.4) is 0 Å². The first-order valence-electron chi connectivity index (χ1n) is 4.45. The van der Waals surface area contributed by atoms with Gasteiger partial charge in [0.2, 0.25) is 0 Å². The number of aliphatic carboxylic acids is 1. The Kier molecular flexibility index (Phi) is 1.68. The standard InChI is InChI=1S/C10H12O3/c1-7-8(3-6-13-7)10(9(11)12)4-2-5-10/h3,6H,2,4-5H2,1H3,(H,11,12). The SMILES string of the molecule is Cc1occc1C1(C(=O)O)CCC1. The molecule has 2 rings (SSSR count). The van der Waals surface area contributed by atoms with E-state index in [1.165, 1.54) is 0 Å². The van der Waals surface area contributed by atoms with Crippen molar-refractivity contribution < 1.29 is 14.3 Å². The second-order valence-corrected chi connectivity index (χ2v) is 3.63. The highest BCUT2D eigenvalue weighted by atomic mass is 16.4. The summed E-state index contributed by atoms with van der Waals surface area (Å²) in [5, 5.41) is 9.14. The largest absolute Gasteiger partial charge is 0.481 e. The van der Waals surface area contributed by atoms with Crippen LogP contribution in [0.25, 0.3) is 0 Å². The molecular formula is C10H12O3. The van der Waals surface area contributed by atoms with Crippen LogP contribution in [0, 0.1) is 6.92 Å². The fourth-order valence-electron chi connectivity index (χ4n) is 2.01. The van der Waals surface area contributed by atoms with Gasteiger partial charge in [0.05, 0.1) is 11.7 Å². The monoisotopic (exact) mass is 180 g/mol. The Morgan fingerprint density at radius 3 is 2.62 bits per heavy atom. The number of carboxylic acid groups (broad SMARTS) is 1. The molecule has 0 aliphatic heterocycles. The maximum absolute atomic E-state index is 11.1. The molecular weight excluding hydrogens is 168 g/mol. The minimum Gasteiger partial charge on any atom is -0.481 e. The number of hydrogen-bond donors (Lipinski definition) is 1. The highest BCUT2D eigenvalue weighted by Gasteiger charge is 2.47. The zero-order chi connectivity index (χ0) is 9.47. The van der Waals surface area contributed by atoms with Gasteiger partial charge in [0, 0.05) is 5.56 Å². The van der Waals surface area contributed by atoms with E-state index in [0.29, 0.717) is 0 Å². The Bertz CT molecular complexity index is 334. The Balaban J connectivity index is 2.43. The predicted octanol–water partition coefficient (Wildman–Crippen LogP) is 2.09. The number of hydrogen-bond acceptors (Lipinski definition) is 2. The molecule has 1 aromatic rings. The number of rotatable bonds is 2. The van der Waals surface area contributed by atoms with E-state index in [9.17, 15) is 4.79 Å². The van der Waals surface area contributed by atoms with Crippen molar-refractivity contribution in [3.8, 4) is 0 Å². The van der Waals surface area contributed by atoms with E-state index in [-0.39, 0.29) is 0 Å². The summed E-state index contributed by atoms with van der Waals surface area (Å²) < 4.78 is 5.13. The van der Waals surface area contributed by atoms with E-state index < -0.39 is 11.4 Å². The Morgan fingerprint density at radius 1 is 1.62 bits per heavy atom. The molecule has 3 heteroatoms. The first-order chi connectivity index (χ1) is 6.17.